The molecule has 0 aliphatic heterocycles. The minimum atomic E-state index is -0.269. The van der Waals surface area contributed by atoms with Crippen LogP contribution < -0.4 is 4.74 Å². The van der Waals surface area contributed by atoms with Crippen LogP contribution in [-0.4, -0.2) is 26.0 Å². The van der Waals surface area contributed by atoms with Crippen molar-refractivity contribution in [2.45, 2.75) is 26.7 Å². The number of carbonyl (C=O) groups is 2. The summed E-state index contributed by atoms with van der Waals surface area (Å²) in [5.74, 6) is 0.217. The third-order valence-electron chi connectivity index (χ3n) is 3.40. The predicted octanol–water partition coefficient (Wildman–Crippen LogP) is 2.64. The summed E-state index contributed by atoms with van der Waals surface area (Å²) in [5, 5.41) is 0. The van der Waals surface area contributed by atoms with E-state index in [1.165, 1.54) is 7.11 Å². The Labute approximate surface area is 120 Å². The molecule has 2 atom stereocenters. The molecule has 0 aliphatic rings. The number of rotatable bonds is 7. The molecule has 1 aromatic rings. The largest absolute Gasteiger partial charge is 0.497 e. The van der Waals surface area contributed by atoms with E-state index in [4.69, 9.17) is 4.74 Å². The van der Waals surface area contributed by atoms with Crippen molar-refractivity contribution in [2.24, 2.45) is 11.8 Å². The van der Waals surface area contributed by atoms with Crippen LogP contribution in [0.3, 0.4) is 0 Å². The quantitative estimate of drug-likeness (QED) is 0.719. The van der Waals surface area contributed by atoms with Crippen molar-refractivity contribution in [2.75, 3.05) is 14.2 Å². The SMILES string of the molecule is COC(=O)[C@H](C)C[C@H](C)C(=O)Cc1ccc(OC)cc1. The smallest absolute Gasteiger partial charge is 0.308 e. The van der Waals surface area contributed by atoms with Crippen molar-refractivity contribution in [3.63, 3.8) is 0 Å². The maximum atomic E-state index is 12.1. The molecule has 0 amide bonds. The molecule has 4 heteroatoms. The van der Waals surface area contributed by atoms with E-state index in [1.807, 2.05) is 31.2 Å². The molecule has 0 spiro atoms. The molecule has 0 bridgehead atoms. The van der Waals surface area contributed by atoms with Crippen LogP contribution in [0.5, 0.6) is 5.75 Å². The summed E-state index contributed by atoms with van der Waals surface area (Å²) in [6, 6.07) is 7.44. The van der Waals surface area contributed by atoms with E-state index in [0.717, 1.165) is 11.3 Å². The molecule has 0 fully saturated rings. The first-order chi connectivity index (χ1) is 9.47. The molecule has 20 heavy (non-hydrogen) atoms. The molecule has 0 heterocycles. The number of methoxy groups -OCH3 is 2. The molecule has 0 N–H and O–H groups in total. The molecule has 0 aliphatic carbocycles. The lowest BCUT2D eigenvalue weighted by molar-refractivity contribution is -0.145. The minimum absolute atomic E-state index is 0.130. The van der Waals surface area contributed by atoms with Crippen LogP contribution in [0.1, 0.15) is 25.8 Å². The van der Waals surface area contributed by atoms with Gasteiger partial charge in [0, 0.05) is 12.3 Å². The van der Waals surface area contributed by atoms with Crippen molar-refractivity contribution in [1.82, 2.24) is 0 Å². The number of Topliss-reactive ketones (excluding diaryl/α,β-unsaturated/α-hetero) is 1. The number of carbonyl (C=O) groups excluding carboxylic acids is 2. The number of benzene rings is 1. The zero-order valence-electron chi connectivity index (χ0n) is 12.5. The number of esters is 1. The van der Waals surface area contributed by atoms with Gasteiger partial charge in [-0.15, -0.1) is 0 Å². The van der Waals surface area contributed by atoms with Crippen LogP contribution in [0.25, 0.3) is 0 Å². The van der Waals surface area contributed by atoms with Crippen molar-refractivity contribution >= 4 is 11.8 Å². The third-order valence-corrected chi connectivity index (χ3v) is 3.40. The van der Waals surface area contributed by atoms with Gasteiger partial charge in [-0.05, 0) is 24.1 Å². The monoisotopic (exact) mass is 278 g/mol. The maximum absolute atomic E-state index is 12.1. The van der Waals surface area contributed by atoms with Gasteiger partial charge in [0.2, 0.25) is 0 Å². The van der Waals surface area contributed by atoms with E-state index in [-0.39, 0.29) is 23.6 Å². The molecular weight excluding hydrogens is 256 g/mol. The minimum Gasteiger partial charge on any atom is -0.497 e. The fraction of sp³-hybridized carbons (Fsp3) is 0.500. The van der Waals surface area contributed by atoms with Crippen LogP contribution in [0.4, 0.5) is 0 Å². The summed E-state index contributed by atoms with van der Waals surface area (Å²) in [6.07, 6.45) is 0.890. The molecule has 0 unspecified atom stereocenters. The molecule has 0 saturated heterocycles. The summed E-state index contributed by atoms with van der Waals surface area (Å²) in [6.45, 7) is 3.63. The summed E-state index contributed by atoms with van der Waals surface area (Å²) in [4.78, 5) is 23.5. The second kappa shape index (κ2) is 7.68. The zero-order chi connectivity index (χ0) is 15.1. The standard InChI is InChI=1S/C16H22O4/c1-11(9-12(2)16(18)20-4)15(17)10-13-5-7-14(19-3)8-6-13/h5-8,11-12H,9-10H2,1-4H3/t11-,12+/m0/s1. The van der Waals surface area contributed by atoms with Gasteiger partial charge in [-0.2, -0.15) is 0 Å². The van der Waals surface area contributed by atoms with Crippen molar-refractivity contribution in [1.29, 1.82) is 0 Å². The van der Waals surface area contributed by atoms with E-state index in [2.05, 4.69) is 4.74 Å². The zero-order valence-corrected chi connectivity index (χ0v) is 12.5. The van der Waals surface area contributed by atoms with Crippen molar-refractivity contribution in [3.8, 4) is 5.75 Å². The lowest BCUT2D eigenvalue weighted by Gasteiger charge is -2.14. The predicted molar refractivity (Wildman–Crippen MR) is 76.7 cm³/mol. The van der Waals surface area contributed by atoms with Gasteiger partial charge in [-0.1, -0.05) is 26.0 Å². The number of ether oxygens (including phenoxy) is 2. The Hall–Kier alpha value is -1.84. The molecule has 0 aromatic heterocycles. The average Bonchev–Trinajstić information content (AvgIpc) is 2.46. The van der Waals surface area contributed by atoms with E-state index in [1.54, 1.807) is 14.0 Å². The molecular formula is C16H22O4. The Bertz CT molecular complexity index is 450. The highest BCUT2D eigenvalue weighted by atomic mass is 16.5. The van der Waals surface area contributed by atoms with Gasteiger partial charge in [0.25, 0.3) is 0 Å². The van der Waals surface area contributed by atoms with E-state index >= 15 is 0 Å². The molecule has 1 aromatic carbocycles. The van der Waals surface area contributed by atoms with Crippen molar-refractivity contribution < 1.29 is 19.1 Å². The highest BCUT2D eigenvalue weighted by Crippen LogP contribution is 2.17. The van der Waals surface area contributed by atoms with Crippen LogP contribution >= 0.6 is 0 Å². The van der Waals surface area contributed by atoms with Crippen LogP contribution in [0.15, 0.2) is 24.3 Å². The number of hydrogen-bond donors (Lipinski definition) is 0. The van der Waals surface area contributed by atoms with Gasteiger partial charge in [0.1, 0.15) is 11.5 Å². The molecule has 1 rings (SSSR count). The van der Waals surface area contributed by atoms with Gasteiger partial charge in [0.05, 0.1) is 20.1 Å². The second-order valence-electron chi connectivity index (χ2n) is 5.05. The molecule has 110 valence electrons. The second-order valence-corrected chi connectivity index (χ2v) is 5.05. The van der Waals surface area contributed by atoms with Crippen LogP contribution in [-0.2, 0) is 20.7 Å². The van der Waals surface area contributed by atoms with Gasteiger partial charge in [-0.25, -0.2) is 0 Å². The Kier molecular flexibility index (Phi) is 6.22. The summed E-state index contributed by atoms with van der Waals surface area (Å²) in [5.41, 5.74) is 0.952. The van der Waals surface area contributed by atoms with Gasteiger partial charge < -0.3 is 9.47 Å². The fourth-order valence-electron chi connectivity index (χ4n) is 2.08. The van der Waals surface area contributed by atoms with Gasteiger partial charge >= 0.3 is 5.97 Å². The number of ketones is 1. The van der Waals surface area contributed by atoms with Crippen LogP contribution in [0.2, 0.25) is 0 Å². The first-order valence-electron chi connectivity index (χ1n) is 6.71. The highest BCUT2D eigenvalue weighted by molar-refractivity contribution is 5.83. The van der Waals surface area contributed by atoms with Gasteiger partial charge in [0.15, 0.2) is 0 Å². The normalized spacial score (nSPS) is 13.4. The topological polar surface area (TPSA) is 52.6 Å². The summed E-state index contributed by atoms with van der Waals surface area (Å²) < 4.78 is 9.75. The Balaban J connectivity index is 2.54. The molecule has 4 nitrogen and oxygen atoms in total. The third kappa shape index (κ3) is 4.68. The summed E-state index contributed by atoms with van der Waals surface area (Å²) in [7, 11) is 2.97. The van der Waals surface area contributed by atoms with E-state index in [9.17, 15) is 9.59 Å². The van der Waals surface area contributed by atoms with E-state index < -0.39 is 0 Å². The maximum Gasteiger partial charge on any atom is 0.308 e. The molecule has 0 radical (unpaired) electrons. The van der Waals surface area contributed by atoms with Gasteiger partial charge in [-0.3, -0.25) is 9.59 Å². The highest BCUT2D eigenvalue weighted by Gasteiger charge is 2.21. The Morgan fingerprint density at radius 1 is 1.05 bits per heavy atom. The lowest BCUT2D eigenvalue weighted by atomic mass is 9.91. The Morgan fingerprint density at radius 2 is 1.65 bits per heavy atom. The first-order valence-corrected chi connectivity index (χ1v) is 6.71. The average molecular weight is 278 g/mol. The molecule has 0 saturated carbocycles. The van der Waals surface area contributed by atoms with Crippen molar-refractivity contribution in [3.05, 3.63) is 29.8 Å². The lowest BCUT2D eigenvalue weighted by Crippen LogP contribution is -2.21. The number of hydrogen-bond acceptors (Lipinski definition) is 4. The Morgan fingerprint density at radius 3 is 2.15 bits per heavy atom. The fourth-order valence-corrected chi connectivity index (χ4v) is 2.08. The summed E-state index contributed by atoms with van der Waals surface area (Å²) >= 11 is 0. The van der Waals surface area contributed by atoms with E-state index in [0.29, 0.717) is 12.8 Å². The van der Waals surface area contributed by atoms with Crippen LogP contribution in [0, 0.1) is 11.8 Å². The first kappa shape index (κ1) is 16.2.